The van der Waals surface area contributed by atoms with E-state index in [0.29, 0.717) is 0 Å². The summed E-state index contributed by atoms with van der Waals surface area (Å²) in [4.78, 5) is 11.6. The van der Waals surface area contributed by atoms with Gasteiger partial charge in [-0.25, -0.2) is 8.78 Å². The summed E-state index contributed by atoms with van der Waals surface area (Å²) in [7, 11) is 0. The van der Waals surface area contributed by atoms with E-state index in [2.05, 4.69) is 17.5 Å². The van der Waals surface area contributed by atoms with Crippen LogP contribution < -0.4 is 11.1 Å². The fourth-order valence-electron chi connectivity index (χ4n) is 1.22. The molecule has 0 aliphatic heterocycles. The van der Waals surface area contributed by atoms with Gasteiger partial charge in [0.2, 0.25) is 5.91 Å². The van der Waals surface area contributed by atoms with Crippen molar-refractivity contribution in [2.75, 3.05) is 0 Å². The van der Waals surface area contributed by atoms with Gasteiger partial charge in [0.05, 0.1) is 17.5 Å². The Labute approximate surface area is 103 Å². The highest BCUT2D eigenvalue weighted by Crippen LogP contribution is 2.11. The number of benzene rings is 1. The largest absolute Gasteiger partial charge is 0.392 e. The van der Waals surface area contributed by atoms with Crippen LogP contribution >= 0.6 is 12.2 Å². The van der Waals surface area contributed by atoms with Crippen LogP contribution in [-0.2, 0) is 11.2 Å². The molecular formula is C11H12F2N2OS. The summed E-state index contributed by atoms with van der Waals surface area (Å²) in [6.07, 6.45) is -0.253. The van der Waals surface area contributed by atoms with E-state index in [1.807, 2.05) is 0 Å². The smallest absolute Gasteiger partial charge is 0.225 e. The van der Waals surface area contributed by atoms with Crippen molar-refractivity contribution >= 4 is 23.1 Å². The molecule has 0 radical (unpaired) electrons. The summed E-state index contributed by atoms with van der Waals surface area (Å²) in [5.41, 5.74) is 5.31. The lowest BCUT2D eigenvalue weighted by Crippen LogP contribution is -2.41. The summed E-state index contributed by atoms with van der Waals surface area (Å²) in [5, 5.41) is 2.48. The van der Waals surface area contributed by atoms with Gasteiger partial charge in [0.15, 0.2) is 11.6 Å². The summed E-state index contributed by atoms with van der Waals surface area (Å²) in [6, 6.07) is 3.21. The van der Waals surface area contributed by atoms with Gasteiger partial charge >= 0.3 is 0 Å². The number of thiocarbonyl (C=S) groups is 1. The molecule has 0 aliphatic rings. The van der Waals surface area contributed by atoms with Gasteiger partial charge in [0.25, 0.3) is 0 Å². The van der Waals surface area contributed by atoms with Crippen LogP contribution in [0.25, 0.3) is 0 Å². The molecule has 92 valence electrons. The van der Waals surface area contributed by atoms with E-state index in [9.17, 15) is 13.6 Å². The van der Waals surface area contributed by atoms with Gasteiger partial charge in [-0.2, -0.15) is 0 Å². The van der Waals surface area contributed by atoms with Crippen molar-refractivity contribution < 1.29 is 13.6 Å². The Balaban J connectivity index is 2.69. The molecule has 17 heavy (non-hydrogen) atoms. The number of nitrogens with two attached hydrogens (primary N) is 1. The number of amides is 1. The van der Waals surface area contributed by atoms with Gasteiger partial charge in [-0.1, -0.05) is 24.4 Å². The second-order valence-corrected chi connectivity index (χ2v) is 4.05. The van der Waals surface area contributed by atoms with E-state index >= 15 is 0 Å². The van der Waals surface area contributed by atoms with Crippen LogP contribution in [0.15, 0.2) is 18.2 Å². The minimum atomic E-state index is -1.01. The lowest BCUT2D eigenvalue weighted by atomic mass is 10.1. The van der Waals surface area contributed by atoms with Crippen molar-refractivity contribution in [3.63, 3.8) is 0 Å². The highest BCUT2D eigenvalue weighted by Gasteiger charge is 2.14. The van der Waals surface area contributed by atoms with Crippen molar-refractivity contribution in [2.24, 2.45) is 5.73 Å². The minimum Gasteiger partial charge on any atom is -0.392 e. The Morgan fingerprint density at radius 1 is 1.53 bits per heavy atom. The maximum absolute atomic E-state index is 13.3. The van der Waals surface area contributed by atoms with Gasteiger partial charge in [-0.15, -0.1) is 0 Å². The molecule has 1 aromatic rings. The maximum atomic E-state index is 13.3. The normalized spacial score (nSPS) is 11.9. The highest BCUT2D eigenvalue weighted by atomic mass is 32.1. The molecule has 1 aromatic carbocycles. The van der Waals surface area contributed by atoms with E-state index in [1.54, 1.807) is 6.92 Å². The summed E-state index contributed by atoms with van der Waals surface area (Å²) < 4.78 is 26.1. The molecule has 0 fully saturated rings. The van der Waals surface area contributed by atoms with Gasteiger partial charge in [0.1, 0.15) is 0 Å². The second-order valence-electron chi connectivity index (χ2n) is 3.58. The van der Waals surface area contributed by atoms with Gasteiger partial charge in [0, 0.05) is 5.56 Å². The Morgan fingerprint density at radius 2 is 2.18 bits per heavy atom. The molecular weight excluding hydrogens is 246 g/mol. The van der Waals surface area contributed by atoms with Crippen LogP contribution in [0.3, 0.4) is 0 Å². The van der Waals surface area contributed by atoms with E-state index in [4.69, 9.17) is 5.73 Å². The average Bonchev–Trinajstić information content (AvgIpc) is 2.24. The molecule has 0 spiro atoms. The van der Waals surface area contributed by atoms with E-state index in [1.165, 1.54) is 12.1 Å². The Kier molecular flexibility index (Phi) is 4.51. The van der Waals surface area contributed by atoms with Crippen LogP contribution in [0.5, 0.6) is 0 Å². The lowest BCUT2D eigenvalue weighted by molar-refractivity contribution is -0.120. The fourth-order valence-corrected chi connectivity index (χ4v) is 1.28. The van der Waals surface area contributed by atoms with Crippen molar-refractivity contribution in [2.45, 2.75) is 19.4 Å². The molecule has 1 amide bonds. The van der Waals surface area contributed by atoms with Crippen molar-refractivity contribution in [3.05, 3.63) is 35.4 Å². The van der Waals surface area contributed by atoms with E-state index in [0.717, 1.165) is 6.07 Å². The Morgan fingerprint density at radius 3 is 2.76 bits per heavy atom. The number of halogens is 2. The van der Waals surface area contributed by atoms with Crippen LogP contribution in [0, 0.1) is 11.6 Å². The molecule has 1 unspecified atom stereocenters. The number of hydrogen-bond donors (Lipinski definition) is 2. The van der Waals surface area contributed by atoms with Crippen LogP contribution in [0.1, 0.15) is 12.5 Å². The second kappa shape index (κ2) is 5.67. The monoisotopic (exact) mass is 258 g/mol. The number of carbonyl (C=O) groups is 1. The Hall–Kier alpha value is -1.56. The zero-order valence-electron chi connectivity index (χ0n) is 9.17. The molecule has 0 aliphatic carbocycles. The minimum absolute atomic E-state index is 0.00219. The molecule has 3 N–H and O–H groups in total. The van der Waals surface area contributed by atoms with Crippen LogP contribution in [0.2, 0.25) is 0 Å². The third-order valence-electron chi connectivity index (χ3n) is 2.19. The quantitative estimate of drug-likeness (QED) is 0.800. The first kappa shape index (κ1) is 13.5. The maximum Gasteiger partial charge on any atom is 0.225 e. The molecule has 3 nitrogen and oxygen atoms in total. The molecule has 6 heteroatoms. The number of nitrogens with one attached hydrogen (secondary N) is 1. The predicted octanol–water partition coefficient (Wildman–Crippen LogP) is 1.30. The first-order valence-electron chi connectivity index (χ1n) is 4.93. The molecule has 0 saturated carbocycles. The Bertz CT molecular complexity index is 451. The van der Waals surface area contributed by atoms with Gasteiger partial charge in [-0.05, 0) is 13.0 Å². The predicted molar refractivity (Wildman–Crippen MR) is 64.5 cm³/mol. The SMILES string of the molecule is CC(NC(=O)Cc1cccc(F)c1F)C(N)=S. The third-order valence-corrected chi connectivity index (χ3v) is 2.54. The van der Waals surface area contributed by atoms with Crippen molar-refractivity contribution in [1.29, 1.82) is 0 Å². The van der Waals surface area contributed by atoms with Crippen molar-refractivity contribution in [1.82, 2.24) is 5.32 Å². The molecule has 0 aromatic heterocycles. The third kappa shape index (κ3) is 3.74. The molecule has 0 saturated heterocycles. The number of carbonyl (C=O) groups excluding carboxylic acids is 1. The molecule has 1 rings (SSSR count). The zero-order chi connectivity index (χ0) is 13.0. The summed E-state index contributed by atoms with van der Waals surface area (Å²) in [5.74, 6) is -2.45. The summed E-state index contributed by atoms with van der Waals surface area (Å²) in [6.45, 7) is 1.61. The zero-order valence-corrected chi connectivity index (χ0v) is 9.98. The molecule has 0 heterocycles. The number of rotatable bonds is 4. The molecule has 1 atom stereocenters. The van der Waals surface area contributed by atoms with E-state index in [-0.39, 0.29) is 17.0 Å². The van der Waals surface area contributed by atoms with Gasteiger partial charge < -0.3 is 11.1 Å². The van der Waals surface area contributed by atoms with Gasteiger partial charge in [-0.3, -0.25) is 4.79 Å². The first-order chi connectivity index (χ1) is 7.91. The topological polar surface area (TPSA) is 55.1 Å². The fraction of sp³-hybridized carbons (Fsp3) is 0.273. The van der Waals surface area contributed by atoms with Crippen LogP contribution in [-0.4, -0.2) is 16.9 Å². The first-order valence-corrected chi connectivity index (χ1v) is 5.34. The van der Waals surface area contributed by atoms with E-state index < -0.39 is 23.6 Å². The summed E-state index contributed by atoms with van der Waals surface area (Å²) >= 11 is 4.68. The van der Waals surface area contributed by atoms with Crippen LogP contribution in [0.4, 0.5) is 8.78 Å². The molecule has 0 bridgehead atoms. The number of hydrogen-bond acceptors (Lipinski definition) is 2. The average molecular weight is 258 g/mol. The van der Waals surface area contributed by atoms with Crippen molar-refractivity contribution in [3.8, 4) is 0 Å². The highest BCUT2D eigenvalue weighted by molar-refractivity contribution is 7.80. The lowest BCUT2D eigenvalue weighted by Gasteiger charge is -2.12. The standard InChI is InChI=1S/C11H12F2N2OS/c1-6(11(14)17)15-9(16)5-7-3-2-4-8(12)10(7)13/h2-4,6H,5H2,1H3,(H2,14,17)(H,15,16).